The number of anilines is 3. The van der Waals surface area contributed by atoms with E-state index in [9.17, 15) is 13.6 Å². The molecule has 0 radical (unpaired) electrons. The maximum Gasteiger partial charge on any atom is 0.257 e. The predicted molar refractivity (Wildman–Crippen MR) is 97.7 cm³/mol. The van der Waals surface area contributed by atoms with Crippen molar-refractivity contribution in [1.29, 1.82) is 0 Å². The number of aryl methyl sites for hydroxylation is 1. The van der Waals surface area contributed by atoms with Gasteiger partial charge < -0.3 is 10.6 Å². The molecule has 0 bridgehead atoms. The van der Waals surface area contributed by atoms with Crippen LogP contribution < -0.4 is 10.6 Å². The molecule has 0 aliphatic carbocycles. The number of carbonyl (C=O) groups is 1. The molecule has 0 saturated carbocycles. The van der Waals surface area contributed by atoms with Gasteiger partial charge in [-0.1, -0.05) is 31.2 Å². The van der Waals surface area contributed by atoms with Gasteiger partial charge in [0.05, 0.1) is 17.4 Å². The molecule has 1 heterocycles. The van der Waals surface area contributed by atoms with Crippen LogP contribution in [0.2, 0.25) is 0 Å². The fourth-order valence-electron chi connectivity index (χ4n) is 2.54. The molecule has 3 aromatic rings. The second-order valence-corrected chi connectivity index (χ2v) is 5.65. The number of hydrogen-bond acceptors (Lipinski definition) is 3. The molecule has 0 spiro atoms. The molecule has 3 rings (SSSR count). The molecule has 4 nitrogen and oxygen atoms in total. The van der Waals surface area contributed by atoms with Crippen LogP contribution in [0, 0.1) is 11.6 Å². The van der Waals surface area contributed by atoms with Gasteiger partial charge in [-0.3, -0.25) is 9.78 Å². The number of halogens is 2. The fraction of sp³-hybridized carbons (Fsp3) is 0.100. The number of aromatic nitrogens is 1. The van der Waals surface area contributed by atoms with Crippen molar-refractivity contribution < 1.29 is 13.6 Å². The molecular formula is C20H17F2N3O. The summed E-state index contributed by atoms with van der Waals surface area (Å²) in [6, 6.07) is 12.8. The molecule has 0 aliphatic rings. The van der Waals surface area contributed by atoms with Crippen molar-refractivity contribution in [3.8, 4) is 0 Å². The third-order valence-corrected chi connectivity index (χ3v) is 3.88. The van der Waals surface area contributed by atoms with Gasteiger partial charge in [-0.15, -0.1) is 0 Å². The summed E-state index contributed by atoms with van der Waals surface area (Å²) in [6.07, 6.45) is 3.77. The predicted octanol–water partition coefficient (Wildman–Crippen LogP) is 4.92. The van der Waals surface area contributed by atoms with E-state index in [1.807, 2.05) is 31.2 Å². The van der Waals surface area contributed by atoms with Crippen LogP contribution in [0.1, 0.15) is 22.8 Å². The highest BCUT2D eigenvalue weighted by atomic mass is 19.1. The lowest BCUT2D eigenvalue weighted by Gasteiger charge is -2.12. The molecule has 2 N–H and O–H groups in total. The summed E-state index contributed by atoms with van der Waals surface area (Å²) in [7, 11) is 0. The SMILES string of the molecule is CCc1ccccc1Nc1cncc(C(=O)Nc2c(F)cccc2F)c1. The van der Waals surface area contributed by atoms with Crippen molar-refractivity contribution in [1.82, 2.24) is 4.98 Å². The highest BCUT2D eigenvalue weighted by Crippen LogP contribution is 2.23. The molecule has 26 heavy (non-hydrogen) atoms. The van der Waals surface area contributed by atoms with Crippen molar-refractivity contribution in [2.45, 2.75) is 13.3 Å². The largest absolute Gasteiger partial charge is 0.354 e. The number of rotatable bonds is 5. The average Bonchev–Trinajstić information content (AvgIpc) is 2.65. The normalized spacial score (nSPS) is 10.4. The standard InChI is InChI=1S/C20H17F2N3O/c1-2-13-6-3-4-9-18(13)24-15-10-14(11-23-12-15)20(26)25-19-16(21)7-5-8-17(19)22/h3-12,24H,2H2,1H3,(H,25,26). The van der Waals surface area contributed by atoms with Crippen LogP contribution in [0.4, 0.5) is 25.8 Å². The van der Waals surface area contributed by atoms with Crippen molar-refractivity contribution in [2.75, 3.05) is 10.6 Å². The van der Waals surface area contributed by atoms with E-state index in [1.54, 1.807) is 12.3 Å². The molecule has 0 aliphatic heterocycles. The molecule has 2 aromatic carbocycles. The summed E-state index contributed by atoms with van der Waals surface area (Å²) < 4.78 is 27.4. The van der Waals surface area contributed by atoms with Crippen molar-refractivity contribution in [3.05, 3.63) is 83.7 Å². The van der Waals surface area contributed by atoms with E-state index in [0.29, 0.717) is 5.69 Å². The number of nitrogens with one attached hydrogen (secondary N) is 2. The Hall–Kier alpha value is -3.28. The number of pyridine rings is 1. The highest BCUT2D eigenvalue weighted by Gasteiger charge is 2.14. The van der Waals surface area contributed by atoms with Crippen molar-refractivity contribution in [2.24, 2.45) is 0 Å². The molecular weight excluding hydrogens is 336 g/mol. The van der Waals surface area contributed by atoms with Crippen LogP contribution in [0.15, 0.2) is 60.9 Å². The Balaban J connectivity index is 1.82. The minimum absolute atomic E-state index is 0.187. The monoisotopic (exact) mass is 353 g/mol. The third-order valence-electron chi connectivity index (χ3n) is 3.88. The molecule has 6 heteroatoms. The summed E-state index contributed by atoms with van der Waals surface area (Å²) in [5, 5.41) is 5.47. The third kappa shape index (κ3) is 3.85. The first-order valence-electron chi connectivity index (χ1n) is 8.14. The summed E-state index contributed by atoms with van der Waals surface area (Å²) in [4.78, 5) is 16.4. The van der Waals surface area contributed by atoms with Crippen LogP contribution >= 0.6 is 0 Å². The van der Waals surface area contributed by atoms with Gasteiger partial charge in [0.25, 0.3) is 5.91 Å². The minimum Gasteiger partial charge on any atom is -0.354 e. The first kappa shape index (κ1) is 17.5. The molecule has 132 valence electrons. The van der Waals surface area contributed by atoms with Gasteiger partial charge in [0.15, 0.2) is 0 Å². The van der Waals surface area contributed by atoms with Crippen LogP contribution in [0.25, 0.3) is 0 Å². The number of amides is 1. The molecule has 1 amide bonds. The number of nitrogens with zero attached hydrogens (tertiary/aromatic N) is 1. The van der Waals surface area contributed by atoms with Crippen LogP contribution in [0.3, 0.4) is 0 Å². The van der Waals surface area contributed by atoms with Gasteiger partial charge in [0.1, 0.15) is 17.3 Å². The van der Waals surface area contributed by atoms with Gasteiger partial charge in [0.2, 0.25) is 0 Å². The van der Waals surface area contributed by atoms with Gasteiger partial charge >= 0.3 is 0 Å². The van der Waals surface area contributed by atoms with E-state index in [1.165, 1.54) is 12.3 Å². The summed E-state index contributed by atoms with van der Waals surface area (Å²) in [6.45, 7) is 2.05. The zero-order valence-corrected chi connectivity index (χ0v) is 14.1. The molecule has 0 atom stereocenters. The number of para-hydroxylation sites is 2. The van der Waals surface area contributed by atoms with Crippen LogP contribution in [-0.2, 0) is 6.42 Å². The molecule has 0 fully saturated rings. The summed E-state index contributed by atoms with van der Waals surface area (Å²) in [5.41, 5.74) is 2.34. The Morgan fingerprint density at radius 3 is 2.50 bits per heavy atom. The first-order chi connectivity index (χ1) is 12.6. The number of hydrogen-bond donors (Lipinski definition) is 2. The fourth-order valence-corrected chi connectivity index (χ4v) is 2.54. The van der Waals surface area contributed by atoms with Crippen molar-refractivity contribution >= 4 is 23.0 Å². The van der Waals surface area contributed by atoms with Crippen molar-refractivity contribution in [3.63, 3.8) is 0 Å². The second-order valence-electron chi connectivity index (χ2n) is 5.65. The maximum absolute atomic E-state index is 13.7. The Morgan fingerprint density at radius 1 is 1.04 bits per heavy atom. The lowest BCUT2D eigenvalue weighted by Crippen LogP contribution is -2.14. The quantitative estimate of drug-likeness (QED) is 0.685. The molecule has 0 saturated heterocycles. The highest BCUT2D eigenvalue weighted by molar-refractivity contribution is 6.04. The van der Waals surface area contributed by atoms with Gasteiger partial charge in [-0.2, -0.15) is 0 Å². The Morgan fingerprint density at radius 2 is 1.77 bits per heavy atom. The maximum atomic E-state index is 13.7. The van der Waals surface area contributed by atoms with E-state index in [-0.39, 0.29) is 5.56 Å². The number of carbonyl (C=O) groups excluding carboxylic acids is 1. The number of benzene rings is 2. The lowest BCUT2D eigenvalue weighted by atomic mass is 10.1. The second kappa shape index (κ2) is 7.74. The Labute approximate surface area is 149 Å². The zero-order valence-electron chi connectivity index (χ0n) is 14.1. The summed E-state index contributed by atoms with van der Waals surface area (Å²) in [5.74, 6) is -2.32. The van der Waals surface area contributed by atoms with E-state index < -0.39 is 23.2 Å². The molecule has 0 unspecified atom stereocenters. The van der Waals surface area contributed by atoms with E-state index in [0.717, 1.165) is 29.8 Å². The van der Waals surface area contributed by atoms with Crippen LogP contribution in [0.5, 0.6) is 0 Å². The first-order valence-corrected chi connectivity index (χ1v) is 8.14. The van der Waals surface area contributed by atoms with E-state index in [4.69, 9.17) is 0 Å². The van der Waals surface area contributed by atoms with Gasteiger partial charge in [0, 0.05) is 11.9 Å². The Bertz CT molecular complexity index is 924. The minimum atomic E-state index is -0.836. The van der Waals surface area contributed by atoms with Gasteiger partial charge in [-0.25, -0.2) is 8.78 Å². The topological polar surface area (TPSA) is 54.0 Å². The van der Waals surface area contributed by atoms with Crippen LogP contribution in [-0.4, -0.2) is 10.9 Å². The zero-order chi connectivity index (χ0) is 18.5. The summed E-state index contributed by atoms with van der Waals surface area (Å²) >= 11 is 0. The Kier molecular flexibility index (Phi) is 5.22. The lowest BCUT2D eigenvalue weighted by molar-refractivity contribution is 0.102. The average molecular weight is 353 g/mol. The van der Waals surface area contributed by atoms with E-state index >= 15 is 0 Å². The molecule has 1 aromatic heterocycles. The smallest absolute Gasteiger partial charge is 0.257 e. The van der Waals surface area contributed by atoms with E-state index in [2.05, 4.69) is 15.6 Å². The van der Waals surface area contributed by atoms with Gasteiger partial charge in [-0.05, 0) is 36.2 Å².